The number of aromatic nitrogens is 3. The van der Waals surface area contributed by atoms with Crippen LogP contribution in [0.5, 0.6) is 0 Å². The summed E-state index contributed by atoms with van der Waals surface area (Å²) in [5.74, 6) is 1.33. The quantitative estimate of drug-likeness (QED) is 0.794. The fourth-order valence-corrected chi connectivity index (χ4v) is 2.98. The van der Waals surface area contributed by atoms with Gasteiger partial charge in [-0.2, -0.15) is 0 Å². The lowest BCUT2D eigenvalue weighted by Gasteiger charge is -2.26. The van der Waals surface area contributed by atoms with Gasteiger partial charge in [0.2, 0.25) is 0 Å². The summed E-state index contributed by atoms with van der Waals surface area (Å²) >= 11 is 6.03. The lowest BCUT2D eigenvalue weighted by molar-refractivity contribution is 0.0369. The maximum atomic E-state index is 6.03. The molecule has 1 aliphatic heterocycles. The van der Waals surface area contributed by atoms with Crippen LogP contribution in [0, 0.1) is 6.92 Å². The fraction of sp³-hybridized carbons (Fsp3) is 0.600. The molecule has 1 aliphatic rings. The zero-order chi connectivity index (χ0) is 14.7. The van der Waals surface area contributed by atoms with E-state index in [0.717, 1.165) is 68.4 Å². The number of imidazole rings is 1. The minimum Gasteiger partial charge on any atom is -0.379 e. The van der Waals surface area contributed by atoms with Crippen LogP contribution >= 0.6 is 11.6 Å². The van der Waals surface area contributed by atoms with Crippen molar-refractivity contribution >= 4 is 22.8 Å². The molecule has 1 fully saturated rings. The molecule has 0 bridgehead atoms. The number of halogens is 1. The predicted octanol–water partition coefficient (Wildman–Crippen LogP) is 2.20. The van der Waals surface area contributed by atoms with Gasteiger partial charge >= 0.3 is 0 Å². The number of nitrogens with zero attached hydrogens (tertiary/aromatic N) is 4. The van der Waals surface area contributed by atoms with E-state index in [2.05, 4.69) is 25.5 Å². The summed E-state index contributed by atoms with van der Waals surface area (Å²) in [5.41, 5.74) is 3.01. The average molecular weight is 309 g/mol. The summed E-state index contributed by atoms with van der Waals surface area (Å²) in [7, 11) is 0. The first-order valence-corrected chi connectivity index (χ1v) is 7.99. The van der Waals surface area contributed by atoms with Crippen molar-refractivity contribution in [2.75, 3.05) is 32.8 Å². The van der Waals surface area contributed by atoms with E-state index in [9.17, 15) is 0 Å². The number of hydrogen-bond acceptors (Lipinski definition) is 4. The van der Waals surface area contributed by atoms with Gasteiger partial charge in [-0.25, -0.2) is 9.97 Å². The van der Waals surface area contributed by atoms with Crippen molar-refractivity contribution in [2.45, 2.75) is 25.8 Å². The van der Waals surface area contributed by atoms with E-state index >= 15 is 0 Å². The third kappa shape index (κ3) is 3.36. The van der Waals surface area contributed by atoms with E-state index in [-0.39, 0.29) is 0 Å². The van der Waals surface area contributed by atoms with E-state index in [1.165, 1.54) is 0 Å². The molecule has 0 saturated carbocycles. The largest absolute Gasteiger partial charge is 0.379 e. The normalized spacial score (nSPS) is 16.7. The highest BCUT2D eigenvalue weighted by Gasteiger charge is 2.13. The highest BCUT2D eigenvalue weighted by Crippen LogP contribution is 2.17. The van der Waals surface area contributed by atoms with Gasteiger partial charge in [-0.05, 0) is 25.0 Å². The monoisotopic (exact) mass is 308 g/mol. The zero-order valence-electron chi connectivity index (χ0n) is 12.4. The summed E-state index contributed by atoms with van der Waals surface area (Å²) in [6, 6.07) is 2.07. The second-order valence-electron chi connectivity index (χ2n) is 5.48. The Hall–Kier alpha value is -1.17. The number of aryl methyl sites for hydroxylation is 2. The van der Waals surface area contributed by atoms with E-state index in [1.54, 1.807) is 0 Å². The standard InChI is InChI=1S/C15H21ClN4O/c1-12-9-13-15(17-11-12)20(14(10-16)18-13)4-2-3-19-5-7-21-8-6-19/h9,11H,2-8,10H2,1H3. The second kappa shape index (κ2) is 6.73. The molecule has 0 N–H and O–H groups in total. The zero-order valence-corrected chi connectivity index (χ0v) is 13.1. The number of alkyl halides is 1. The number of fused-ring (bicyclic) bond motifs is 1. The molecule has 2 aromatic rings. The molecule has 21 heavy (non-hydrogen) atoms. The van der Waals surface area contributed by atoms with Crippen LogP contribution in [-0.2, 0) is 17.2 Å². The third-order valence-corrected chi connectivity index (χ3v) is 4.12. The molecule has 0 amide bonds. The summed E-state index contributed by atoms with van der Waals surface area (Å²) in [6.45, 7) is 7.78. The molecule has 0 spiro atoms. The van der Waals surface area contributed by atoms with Crippen LogP contribution in [0.4, 0.5) is 0 Å². The molecule has 5 nitrogen and oxygen atoms in total. The molecule has 0 radical (unpaired) electrons. The van der Waals surface area contributed by atoms with Crippen molar-refractivity contribution < 1.29 is 4.74 Å². The van der Waals surface area contributed by atoms with Crippen molar-refractivity contribution in [1.29, 1.82) is 0 Å². The van der Waals surface area contributed by atoms with Gasteiger partial charge < -0.3 is 9.30 Å². The van der Waals surface area contributed by atoms with Gasteiger partial charge in [-0.3, -0.25) is 4.90 Å². The summed E-state index contributed by atoms with van der Waals surface area (Å²) in [5, 5.41) is 0. The molecule has 0 aromatic carbocycles. The van der Waals surface area contributed by atoms with Crippen LogP contribution in [0.15, 0.2) is 12.3 Å². The van der Waals surface area contributed by atoms with Crippen molar-refractivity contribution in [1.82, 2.24) is 19.4 Å². The van der Waals surface area contributed by atoms with Crippen LogP contribution < -0.4 is 0 Å². The Morgan fingerprint density at radius 3 is 2.86 bits per heavy atom. The Labute approximate surface area is 129 Å². The highest BCUT2D eigenvalue weighted by atomic mass is 35.5. The number of ether oxygens (including phenoxy) is 1. The maximum Gasteiger partial charge on any atom is 0.160 e. The lowest BCUT2D eigenvalue weighted by atomic mass is 10.3. The van der Waals surface area contributed by atoms with Crippen molar-refractivity contribution in [2.24, 2.45) is 0 Å². The minimum absolute atomic E-state index is 0.424. The smallest absolute Gasteiger partial charge is 0.160 e. The minimum atomic E-state index is 0.424. The van der Waals surface area contributed by atoms with Crippen LogP contribution in [0.25, 0.3) is 11.2 Å². The molecule has 6 heteroatoms. The van der Waals surface area contributed by atoms with Crippen LogP contribution in [0.1, 0.15) is 17.8 Å². The van der Waals surface area contributed by atoms with E-state index in [0.29, 0.717) is 5.88 Å². The molecule has 1 saturated heterocycles. The lowest BCUT2D eigenvalue weighted by Crippen LogP contribution is -2.37. The number of pyridine rings is 1. The van der Waals surface area contributed by atoms with Gasteiger partial charge in [0.05, 0.1) is 19.1 Å². The molecular formula is C15H21ClN4O. The first kappa shape index (κ1) is 14.8. The molecule has 2 aromatic heterocycles. The maximum absolute atomic E-state index is 6.03. The predicted molar refractivity (Wildman–Crippen MR) is 83.7 cm³/mol. The molecule has 114 valence electrons. The van der Waals surface area contributed by atoms with Gasteiger partial charge in [0.15, 0.2) is 5.65 Å². The first-order chi connectivity index (χ1) is 10.3. The first-order valence-electron chi connectivity index (χ1n) is 7.46. The van der Waals surface area contributed by atoms with E-state index < -0.39 is 0 Å². The SMILES string of the molecule is Cc1cnc2c(c1)nc(CCl)n2CCCN1CCOCC1. The van der Waals surface area contributed by atoms with E-state index in [1.807, 2.05) is 13.1 Å². The van der Waals surface area contributed by atoms with E-state index in [4.69, 9.17) is 16.3 Å². The van der Waals surface area contributed by atoms with Crippen LogP contribution in [0.2, 0.25) is 0 Å². The average Bonchev–Trinajstić information content (AvgIpc) is 2.85. The summed E-state index contributed by atoms with van der Waals surface area (Å²) in [6.07, 6.45) is 2.96. The number of hydrogen-bond donors (Lipinski definition) is 0. The molecule has 0 atom stereocenters. The van der Waals surface area contributed by atoms with Gasteiger partial charge in [0.25, 0.3) is 0 Å². The Balaban J connectivity index is 1.70. The molecule has 0 unspecified atom stereocenters. The molecular weight excluding hydrogens is 288 g/mol. The summed E-state index contributed by atoms with van der Waals surface area (Å²) in [4.78, 5) is 11.6. The fourth-order valence-electron chi connectivity index (χ4n) is 2.77. The summed E-state index contributed by atoms with van der Waals surface area (Å²) < 4.78 is 7.53. The van der Waals surface area contributed by atoms with Crippen LogP contribution in [-0.4, -0.2) is 52.3 Å². The third-order valence-electron chi connectivity index (χ3n) is 3.88. The van der Waals surface area contributed by atoms with Crippen molar-refractivity contribution in [3.63, 3.8) is 0 Å². The Morgan fingerprint density at radius 1 is 1.29 bits per heavy atom. The molecule has 3 heterocycles. The van der Waals surface area contributed by atoms with Gasteiger partial charge in [0.1, 0.15) is 11.3 Å². The van der Waals surface area contributed by atoms with Crippen LogP contribution in [0.3, 0.4) is 0 Å². The van der Waals surface area contributed by atoms with Gasteiger partial charge in [0, 0.05) is 32.4 Å². The molecule has 3 rings (SSSR count). The Bertz CT molecular complexity index is 607. The van der Waals surface area contributed by atoms with Gasteiger partial charge in [-0.1, -0.05) is 0 Å². The number of rotatable bonds is 5. The Kier molecular flexibility index (Phi) is 4.73. The molecule has 0 aliphatic carbocycles. The topological polar surface area (TPSA) is 43.2 Å². The van der Waals surface area contributed by atoms with Gasteiger partial charge in [-0.15, -0.1) is 11.6 Å². The van der Waals surface area contributed by atoms with Crippen molar-refractivity contribution in [3.05, 3.63) is 23.7 Å². The highest BCUT2D eigenvalue weighted by molar-refractivity contribution is 6.16. The van der Waals surface area contributed by atoms with Crippen molar-refractivity contribution in [3.8, 4) is 0 Å². The second-order valence-corrected chi connectivity index (χ2v) is 5.74. The number of morpholine rings is 1. The Morgan fingerprint density at radius 2 is 2.10 bits per heavy atom.